The van der Waals surface area contributed by atoms with E-state index in [0.717, 1.165) is 44.9 Å². The van der Waals surface area contributed by atoms with Gasteiger partial charge in [0.25, 0.3) is 0 Å². The Morgan fingerprint density at radius 1 is 0.793 bits per heavy atom. The molecule has 1 aliphatic heterocycles. The first kappa shape index (κ1) is 16.1. The fourth-order valence-electron chi connectivity index (χ4n) is 4.08. The van der Waals surface area contributed by atoms with E-state index in [1.165, 1.54) is 0 Å². The third kappa shape index (κ3) is 2.41. The van der Waals surface area contributed by atoms with Gasteiger partial charge in [-0.25, -0.2) is 9.97 Å². The van der Waals surface area contributed by atoms with E-state index >= 15 is 0 Å². The average molecular weight is 378 g/mol. The number of furan rings is 1. The summed E-state index contributed by atoms with van der Waals surface area (Å²) in [5, 5.41) is 2.12. The minimum atomic E-state index is 0.666. The quantitative estimate of drug-likeness (QED) is 0.381. The number of pyridine rings is 2. The Balaban J connectivity index is 1.55. The molecule has 0 spiro atoms. The third-order valence-electron chi connectivity index (χ3n) is 5.44. The molecule has 0 aliphatic carbocycles. The molecule has 0 bridgehead atoms. The highest BCUT2D eigenvalue weighted by atomic mass is 16.3. The number of rotatable bonds is 2. The lowest BCUT2D eigenvalue weighted by atomic mass is 10.1. The molecular weight excluding hydrogens is 360 g/mol. The highest BCUT2D eigenvalue weighted by Crippen LogP contribution is 2.45. The van der Waals surface area contributed by atoms with E-state index in [-0.39, 0.29) is 0 Å². The number of hydrogen-bond acceptors (Lipinski definition) is 5. The lowest BCUT2D eigenvalue weighted by Crippen LogP contribution is -2.24. The van der Waals surface area contributed by atoms with Crippen LogP contribution in [0.1, 0.15) is 5.69 Å². The molecule has 29 heavy (non-hydrogen) atoms. The van der Waals surface area contributed by atoms with Crippen molar-refractivity contribution in [3.8, 4) is 0 Å². The van der Waals surface area contributed by atoms with Crippen molar-refractivity contribution in [2.24, 2.45) is 0 Å². The van der Waals surface area contributed by atoms with Gasteiger partial charge in [-0.1, -0.05) is 30.3 Å². The van der Waals surface area contributed by atoms with E-state index < -0.39 is 0 Å². The molecule has 1 aliphatic rings. The molecule has 0 fully saturated rings. The fraction of sp³-hybridized carbons (Fsp3) is 0.0833. The second-order valence-corrected chi connectivity index (χ2v) is 7.24. The molecule has 2 aromatic carbocycles. The zero-order chi connectivity index (χ0) is 19.4. The van der Waals surface area contributed by atoms with Gasteiger partial charge in [-0.3, -0.25) is 0 Å². The number of hydrogen-bond donors (Lipinski definition) is 0. The van der Waals surface area contributed by atoms with Crippen molar-refractivity contribution >= 4 is 44.9 Å². The average Bonchev–Trinajstić information content (AvgIpc) is 3.32. The van der Waals surface area contributed by atoms with Gasteiger partial charge in [0.1, 0.15) is 6.67 Å². The van der Waals surface area contributed by atoms with Crippen molar-refractivity contribution in [3.05, 3.63) is 84.7 Å². The van der Waals surface area contributed by atoms with Gasteiger partial charge in [0.2, 0.25) is 5.71 Å². The fourth-order valence-corrected chi connectivity index (χ4v) is 4.08. The topological polar surface area (TPSA) is 45.4 Å². The van der Waals surface area contributed by atoms with Crippen LogP contribution in [-0.4, -0.2) is 16.6 Å². The number of aryl methyl sites for hydroxylation is 1. The summed E-state index contributed by atoms with van der Waals surface area (Å²) in [6, 6.07) is 24.8. The van der Waals surface area contributed by atoms with Crippen molar-refractivity contribution in [2.75, 3.05) is 16.5 Å². The van der Waals surface area contributed by atoms with Gasteiger partial charge in [-0.15, -0.1) is 0 Å². The standard InChI is InChI=1S/C24H18N4O/c1-16-12-13-19-18-9-5-10-20(22(18)29-24(19)26-16)28-15-27(17-7-3-2-4-8-17)23-21(28)11-6-14-25-23/h2-14H,15H2,1H3. The Labute approximate surface area is 167 Å². The van der Waals surface area contributed by atoms with Crippen LogP contribution in [0, 0.1) is 6.92 Å². The first-order chi connectivity index (χ1) is 14.3. The normalized spacial score (nSPS) is 13.4. The van der Waals surface area contributed by atoms with Crippen LogP contribution in [0.25, 0.3) is 22.1 Å². The summed E-state index contributed by atoms with van der Waals surface area (Å²) < 4.78 is 6.24. The Bertz CT molecular complexity index is 1360. The maximum Gasteiger partial charge on any atom is 0.227 e. The van der Waals surface area contributed by atoms with Gasteiger partial charge in [0.05, 0.1) is 11.4 Å². The van der Waals surface area contributed by atoms with Gasteiger partial charge in [-0.2, -0.15) is 0 Å². The maximum atomic E-state index is 6.24. The van der Waals surface area contributed by atoms with Crippen LogP contribution in [0.4, 0.5) is 22.9 Å². The number of fused-ring (bicyclic) bond motifs is 4. The Morgan fingerprint density at radius 2 is 1.66 bits per heavy atom. The van der Waals surface area contributed by atoms with E-state index in [4.69, 9.17) is 4.42 Å². The molecular formula is C24H18N4O. The van der Waals surface area contributed by atoms with Gasteiger partial charge in [0.15, 0.2) is 11.4 Å². The summed E-state index contributed by atoms with van der Waals surface area (Å²) in [5.74, 6) is 0.945. The van der Waals surface area contributed by atoms with Gasteiger partial charge >= 0.3 is 0 Å². The zero-order valence-electron chi connectivity index (χ0n) is 15.9. The first-order valence-electron chi connectivity index (χ1n) is 9.63. The summed E-state index contributed by atoms with van der Waals surface area (Å²) >= 11 is 0. The number of nitrogens with zero attached hydrogens (tertiary/aromatic N) is 4. The Hall–Kier alpha value is -3.86. The maximum absolute atomic E-state index is 6.24. The number of anilines is 4. The second kappa shape index (κ2) is 6.07. The SMILES string of the molecule is Cc1ccc2c(n1)oc1c(N3CN(c4ccccc4)c4ncccc43)cccc12. The smallest absolute Gasteiger partial charge is 0.227 e. The van der Waals surface area contributed by atoms with Crippen LogP contribution in [0.15, 0.2) is 83.4 Å². The molecule has 5 aromatic rings. The van der Waals surface area contributed by atoms with E-state index in [0.29, 0.717) is 12.4 Å². The molecule has 0 atom stereocenters. The highest BCUT2D eigenvalue weighted by Gasteiger charge is 2.30. The first-order valence-corrected chi connectivity index (χ1v) is 9.63. The third-order valence-corrected chi connectivity index (χ3v) is 5.44. The predicted molar refractivity (Wildman–Crippen MR) is 116 cm³/mol. The van der Waals surface area contributed by atoms with Crippen LogP contribution >= 0.6 is 0 Å². The molecule has 0 saturated heterocycles. The Morgan fingerprint density at radius 3 is 2.55 bits per heavy atom. The van der Waals surface area contributed by atoms with Crippen molar-refractivity contribution < 1.29 is 4.42 Å². The van der Waals surface area contributed by atoms with Gasteiger partial charge < -0.3 is 14.2 Å². The zero-order valence-corrected chi connectivity index (χ0v) is 15.9. The summed E-state index contributed by atoms with van der Waals surface area (Å²) in [7, 11) is 0. The largest absolute Gasteiger partial charge is 0.435 e. The molecule has 5 nitrogen and oxygen atoms in total. The molecule has 0 saturated carbocycles. The van der Waals surface area contributed by atoms with Crippen LogP contribution in [-0.2, 0) is 0 Å². The van der Waals surface area contributed by atoms with Gasteiger partial charge in [-0.05, 0) is 49.4 Å². The molecule has 5 heteroatoms. The molecule has 4 heterocycles. The predicted octanol–water partition coefficient (Wildman–Crippen LogP) is 5.93. The minimum absolute atomic E-state index is 0.666. The van der Waals surface area contributed by atoms with E-state index in [9.17, 15) is 0 Å². The van der Waals surface area contributed by atoms with Crippen LogP contribution in [0.5, 0.6) is 0 Å². The van der Waals surface area contributed by atoms with Crippen LogP contribution < -0.4 is 9.80 Å². The highest BCUT2D eigenvalue weighted by molar-refractivity contribution is 6.09. The molecule has 3 aromatic heterocycles. The molecule has 0 unspecified atom stereocenters. The molecule has 0 amide bonds. The van der Waals surface area contributed by atoms with E-state index in [1.807, 2.05) is 31.3 Å². The number of para-hydroxylation sites is 2. The lowest BCUT2D eigenvalue weighted by Gasteiger charge is -2.21. The summed E-state index contributed by atoms with van der Waals surface area (Å²) in [6.07, 6.45) is 1.84. The summed E-state index contributed by atoms with van der Waals surface area (Å²) in [4.78, 5) is 13.7. The van der Waals surface area contributed by atoms with Crippen molar-refractivity contribution in [2.45, 2.75) is 6.92 Å². The van der Waals surface area contributed by atoms with Crippen molar-refractivity contribution in [3.63, 3.8) is 0 Å². The van der Waals surface area contributed by atoms with Crippen LogP contribution in [0.2, 0.25) is 0 Å². The second-order valence-electron chi connectivity index (χ2n) is 7.24. The summed E-state index contributed by atoms with van der Waals surface area (Å²) in [5.41, 5.74) is 5.68. The monoisotopic (exact) mass is 378 g/mol. The molecule has 6 rings (SSSR count). The summed E-state index contributed by atoms with van der Waals surface area (Å²) in [6.45, 7) is 2.65. The Kier molecular flexibility index (Phi) is 3.38. The van der Waals surface area contributed by atoms with Crippen molar-refractivity contribution in [1.82, 2.24) is 9.97 Å². The lowest BCUT2D eigenvalue weighted by molar-refractivity contribution is 0.652. The minimum Gasteiger partial charge on any atom is -0.435 e. The van der Waals surface area contributed by atoms with Crippen LogP contribution in [0.3, 0.4) is 0 Å². The van der Waals surface area contributed by atoms with E-state index in [1.54, 1.807) is 0 Å². The number of aromatic nitrogens is 2. The molecule has 0 radical (unpaired) electrons. The number of benzene rings is 2. The van der Waals surface area contributed by atoms with E-state index in [2.05, 4.69) is 74.4 Å². The van der Waals surface area contributed by atoms with Gasteiger partial charge in [0, 0.05) is 28.4 Å². The van der Waals surface area contributed by atoms with Crippen molar-refractivity contribution in [1.29, 1.82) is 0 Å². The molecule has 0 N–H and O–H groups in total. The molecule has 140 valence electrons.